The maximum atomic E-state index is 12.0. The predicted octanol–water partition coefficient (Wildman–Crippen LogP) is 0.0518. The molecule has 0 aromatic heterocycles. The number of β-amino-alcohol motifs (C(OH)–C–C–N with tert-alkyl or cyclic N) is 1. The molecule has 1 fully saturated rings. The molecule has 0 saturated carbocycles. The fourth-order valence-corrected chi connectivity index (χ4v) is 2.21. The van der Waals surface area contributed by atoms with Gasteiger partial charge in [-0.25, -0.2) is 0 Å². The molecule has 0 aromatic rings. The van der Waals surface area contributed by atoms with Crippen LogP contribution in [0.5, 0.6) is 0 Å². The predicted molar refractivity (Wildman–Crippen MR) is 68.2 cm³/mol. The van der Waals surface area contributed by atoms with E-state index in [0.717, 1.165) is 0 Å². The van der Waals surface area contributed by atoms with E-state index in [2.05, 4.69) is 4.90 Å². The average Bonchev–Trinajstić information content (AvgIpc) is 2.34. The molecule has 2 atom stereocenters. The van der Waals surface area contributed by atoms with Gasteiger partial charge in [-0.3, -0.25) is 14.6 Å². The fraction of sp³-hybridized carbons (Fsp3) is 0.917. The number of nitrogens with one attached hydrogen (secondary N) is 1. The van der Waals surface area contributed by atoms with Crippen LogP contribution in [0.25, 0.3) is 0 Å². The van der Waals surface area contributed by atoms with E-state index < -0.39 is 30.8 Å². The zero-order valence-corrected chi connectivity index (χ0v) is 11.8. The normalized spacial score (nSPS) is 21.5. The van der Waals surface area contributed by atoms with Gasteiger partial charge < -0.3 is 10.4 Å². The molecule has 2 N–H and O–H groups in total. The molecule has 8 heteroatoms. The molecule has 0 aliphatic carbocycles. The van der Waals surface area contributed by atoms with Gasteiger partial charge in [-0.15, -0.1) is 0 Å². The molecule has 118 valence electrons. The smallest absolute Gasteiger partial charge is 0.392 e. The van der Waals surface area contributed by atoms with E-state index in [4.69, 9.17) is 0 Å². The highest BCUT2D eigenvalue weighted by molar-refractivity contribution is 5.81. The van der Waals surface area contributed by atoms with E-state index in [1.165, 1.54) is 0 Å². The first-order valence-electron chi connectivity index (χ1n) is 6.68. The quantitative estimate of drug-likeness (QED) is 0.753. The van der Waals surface area contributed by atoms with Crippen molar-refractivity contribution in [3.8, 4) is 0 Å². The molecule has 0 unspecified atom stereocenters. The van der Waals surface area contributed by atoms with Gasteiger partial charge in [-0.1, -0.05) is 0 Å². The number of hydrogen-bond donors (Lipinski definition) is 2. The van der Waals surface area contributed by atoms with Crippen molar-refractivity contribution in [2.75, 3.05) is 39.3 Å². The van der Waals surface area contributed by atoms with Gasteiger partial charge in [0.2, 0.25) is 5.91 Å². The van der Waals surface area contributed by atoms with Crippen LogP contribution in [-0.4, -0.2) is 78.4 Å². The van der Waals surface area contributed by atoms with Crippen molar-refractivity contribution in [3.05, 3.63) is 0 Å². The molecule has 5 nitrogen and oxygen atoms in total. The summed E-state index contributed by atoms with van der Waals surface area (Å²) in [5, 5.41) is 11.2. The van der Waals surface area contributed by atoms with Crippen molar-refractivity contribution in [2.45, 2.75) is 32.2 Å². The molecular formula is C12H22F3N3O2. The van der Waals surface area contributed by atoms with Crippen molar-refractivity contribution in [3.63, 3.8) is 0 Å². The van der Waals surface area contributed by atoms with Crippen LogP contribution in [0.3, 0.4) is 0 Å². The van der Waals surface area contributed by atoms with E-state index in [-0.39, 0.29) is 0 Å². The molecule has 1 heterocycles. The summed E-state index contributed by atoms with van der Waals surface area (Å²) in [6.45, 7) is 5.19. The number of aliphatic hydroxyl groups is 1. The molecule has 1 saturated heterocycles. The van der Waals surface area contributed by atoms with E-state index in [0.29, 0.717) is 32.7 Å². The Morgan fingerprint density at radius 2 is 1.80 bits per heavy atom. The number of amides is 1. The third-order valence-corrected chi connectivity index (χ3v) is 3.32. The summed E-state index contributed by atoms with van der Waals surface area (Å²) in [5.41, 5.74) is 0. The van der Waals surface area contributed by atoms with Crippen molar-refractivity contribution in [2.24, 2.45) is 0 Å². The highest BCUT2D eigenvalue weighted by Gasteiger charge is 2.31. The van der Waals surface area contributed by atoms with E-state index in [9.17, 15) is 23.1 Å². The van der Waals surface area contributed by atoms with Crippen molar-refractivity contribution in [1.82, 2.24) is 15.1 Å². The van der Waals surface area contributed by atoms with Crippen molar-refractivity contribution < 1.29 is 23.1 Å². The van der Waals surface area contributed by atoms with Crippen LogP contribution in [0, 0.1) is 0 Å². The highest BCUT2D eigenvalue weighted by Crippen LogP contribution is 2.13. The topological polar surface area (TPSA) is 55.8 Å². The van der Waals surface area contributed by atoms with Crippen LogP contribution in [0.4, 0.5) is 13.2 Å². The first kappa shape index (κ1) is 17.2. The summed E-state index contributed by atoms with van der Waals surface area (Å²) in [7, 11) is 0. The zero-order chi connectivity index (χ0) is 15.3. The molecule has 0 spiro atoms. The minimum atomic E-state index is -4.38. The molecular weight excluding hydrogens is 275 g/mol. The molecule has 20 heavy (non-hydrogen) atoms. The summed E-state index contributed by atoms with van der Waals surface area (Å²) in [4.78, 5) is 15.6. The standard InChI is InChI=1S/C12H22F3N3O2/c1-9(19)7-17-3-5-18(6-4-17)10(2)11(20)16-8-12(13,14)15/h9-10,19H,3-8H2,1-2H3,(H,16,20)/t9-,10+/m0/s1. The third kappa shape index (κ3) is 6.06. The maximum Gasteiger partial charge on any atom is 0.405 e. The molecule has 0 aromatic carbocycles. The fourth-order valence-electron chi connectivity index (χ4n) is 2.21. The number of alkyl halides is 3. The van der Waals surface area contributed by atoms with Gasteiger partial charge in [0.1, 0.15) is 6.54 Å². The number of hydrogen-bond acceptors (Lipinski definition) is 4. The van der Waals surface area contributed by atoms with Gasteiger partial charge in [0.15, 0.2) is 0 Å². The monoisotopic (exact) mass is 297 g/mol. The van der Waals surface area contributed by atoms with Crippen LogP contribution in [-0.2, 0) is 4.79 Å². The minimum Gasteiger partial charge on any atom is -0.392 e. The van der Waals surface area contributed by atoms with E-state index in [1.54, 1.807) is 13.8 Å². The van der Waals surface area contributed by atoms with Crippen LogP contribution in [0.2, 0.25) is 0 Å². The van der Waals surface area contributed by atoms with Crippen LogP contribution < -0.4 is 5.32 Å². The molecule has 1 rings (SSSR count). The highest BCUT2D eigenvalue weighted by atomic mass is 19.4. The largest absolute Gasteiger partial charge is 0.405 e. The minimum absolute atomic E-state index is 0.408. The van der Waals surface area contributed by atoms with E-state index >= 15 is 0 Å². The Labute approximate surface area is 116 Å². The first-order chi connectivity index (χ1) is 9.19. The lowest BCUT2D eigenvalue weighted by atomic mass is 10.2. The lowest BCUT2D eigenvalue weighted by Crippen LogP contribution is -2.55. The summed E-state index contributed by atoms with van der Waals surface area (Å²) in [5.74, 6) is -0.605. The van der Waals surface area contributed by atoms with Gasteiger partial charge in [-0.2, -0.15) is 13.2 Å². The van der Waals surface area contributed by atoms with Gasteiger partial charge in [0.05, 0.1) is 12.1 Å². The van der Waals surface area contributed by atoms with Gasteiger partial charge >= 0.3 is 6.18 Å². The third-order valence-electron chi connectivity index (χ3n) is 3.32. The number of piperazine rings is 1. The average molecular weight is 297 g/mol. The zero-order valence-electron chi connectivity index (χ0n) is 11.8. The number of rotatable bonds is 5. The summed E-state index contributed by atoms with van der Waals surface area (Å²) in [6.07, 6.45) is -4.79. The molecule has 1 amide bonds. The first-order valence-corrected chi connectivity index (χ1v) is 6.68. The lowest BCUT2D eigenvalue weighted by Gasteiger charge is -2.37. The Balaban J connectivity index is 2.34. The maximum absolute atomic E-state index is 12.0. The molecule has 1 aliphatic heterocycles. The van der Waals surface area contributed by atoms with Crippen molar-refractivity contribution in [1.29, 1.82) is 0 Å². The lowest BCUT2D eigenvalue weighted by molar-refractivity contribution is -0.141. The van der Waals surface area contributed by atoms with Gasteiger partial charge in [0, 0.05) is 32.7 Å². The van der Waals surface area contributed by atoms with E-state index in [1.807, 2.05) is 10.2 Å². The number of carbonyl (C=O) groups is 1. The number of halogens is 3. The van der Waals surface area contributed by atoms with Crippen molar-refractivity contribution >= 4 is 5.91 Å². The Hall–Kier alpha value is -0.860. The summed E-state index contributed by atoms with van der Waals surface area (Å²) < 4.78 is 36.1. The summed E-state index contributed by atoms with van der Waals surface area (Å²) >= 11 is 0. The molecule has 0 bridgehead atoms. The Morgan fingerprint density at radius 3 is 2.25 bits per heavy atom. The van der Waals surface area contributed by atoms with Gasteiger partial charge in [0.25, 0.3) is 0 Å². The summed E-state index contributed by atoms with van der Waals surface area (Å²) in [6, 6.07) is -0.578. The Kier molecular flexibility index (Phi) is 6.22. The second-order valence-electron chi connectivity index (χ2n) is 5.19. The van der Waals surface area contributed by atoms with Crippen LogP contribution >= 0.6 is 0 Å². The molecule has 0 radical (unpaired) electrons. The molecule has 1 aliphatic rings. The van der Waals surface area contributed by atoms with Crippen LogP contribution in [0.1, 0.15) is 13.8 Å². The number of nitrogens with zero attached hydrogens (tertiary/aromatic N) is 2. The SMILES string of the molecule is C[C@H](O)CN1CCN([C@H](C)C(=O)NCC(F)(F)F)CC1. The second-order valence-corrected chi connectivity index (χ2v) is 5.19. The number of carbonyl (C=O) groups excluding carboxylic acids is 1. The van der Waals surface area contributed by atoms with Crippen LogP contribution in [0.15, 0.2) is 0 Å². The number of aliphatic hydroxyl groups excluding tert-OH is 1. The Bertz CT molecular complexity index is 316. The van der Waals surface area contributed by atoms with Gasteiger partial charge in [-0.05, 0) is 13.8 Å². The Morgan fingerprint density at radius 1 is 1.25 bits per heavy atom. The second kappa shape index (κ2) is 7.24.